The maximum Gasteiger partial charge on any atom is 0.225 e. The molecule has 1 amide bonds. The van der Waals surface area contributed by atoms with Crippen LogP contribution in [0.5, 0.6) is 0 Å². The average Bonchev–Trinajstić information content (AvgIpc) is 2.77. The van der Waals surface area contributed by atoms with Crippen molar-refractivity contribution in [3.05, 3.63) is 23.0 Å². The van der Waals surface area contributed by atoms with Crippen molar-refractivity contribution >= 4 is 11.7 Å². The third-order valence-electron chi connectivity index (χ3n) is 4.00. The largest absolute Gasteiger partial charge is 0.362 e. The standard InChI is InChI=1S/C16H25N3O2/c1-11(2)16(21)19-7-5-18(6-8-19)10-15(20)14-9-12(3)17-13(14)4/h9,11,17H,5-8,10H2,1-4H3. The molecule has 2 rings (SSSR count). The van der Waals surface area contributed by atoms with Gasteiger partial charge in [0.2, 0.25) is 5.91 Å². The number of amides is 1. The molecule has 2 heterocycles. The van der Waals surface area contributed by atoms with Crippen LogP contribution in [-0.4, -0.2) is 59.2 Å². The van der Waals surface area contributed by atoms with Crippen LogP contribution in [0.4, 0.5) is 0 Å². The molecule has 1 N–H and O–H groups in total. The van der Waals surface area contributed by atoms with Gasteiger partial charge in [0, 0.05) is 49.0 Å². The highest BCUT2D eigenvalue weighted by Crippen LogP contribution is 2.12. The number of piperazine rings is 1. The normalized spacial score (nSPS) is 16.5. The zero-order chi connectivity index (χ0) is 15.6. The van der Waals surface area contributed by atoms with Gasteiger partial charge in [-0.2, -0.15) is 0 Å². The second-order valence-corrected chi connectivity index (χ2v) is 6.17. The lowest BCUT2D eigenvalue weighted by molar-refractivity contribution is -0.136. The summed E-state index contributed by atoms with van der Waals surface area (Å²) >= 11 is 0. The van der Waals surface area contributed by atoms with Crippen molar-refractivity contribution in [3.8, 4) is 0 Å². The molecular formula is C16H25N3O2. The minimum absolute atomic E-state index is 0.0451. The molecule has 0 atom stereocenters. The molecule has 1 aliphatic heterocycles. The van der Waals surface area contributed by atoms with Gasteiger partial charge < -0.3 is 9.88 Å². The lowest BCUT2D eigenvalue weighted by Crippen LogP contribution is -2.50. The summed E-state index contributed by atoms with van der Waals surface area (Å²) in [4.78, 5) is 31.5. The van der Waals surface area contributed by atoms with E-state index in [1.54, 1.807) is 0 Å². The minimum Gasteiger partial charge on any atom is -0.362 e. The molecule has 0 unspecified atom stereocenters. The molecule has 1 aliphatic rings. The quantitative estimate of drug-likeness (QED) is 0.858. The average molecular weight is 291 g/mol. The molecular weight excluding hydrogens is 266 g/mol. The predicted molar refractivity (Wildman–Crippen MR) is 82.5 cm³/mol. The molecule has 0 saturated carbocycles. The number of aryl methyl sites for hydroxylation is 2. The van der Waals surface area contributed by atoms with Crippen LogP contribution in [0.3, 0.4) is 0 Å². The second-order valence-electron chi connectivity index (χ2n) is 6.17. The fourth-order valence-electron chi connectivity index (χ4n) is 2.79. The molecule has 1 fully saturated rings. The summed E-state index contributed by atoms with van der Waals surface area (Å²) in [6, 6.07) is 1.91. The van der Waals surface area contributed by atoms with Crippen LogP contribution in [0.1, 0.15) is 35.6 Å². The van der Waals surface area contributed by atoms with E-state index in [-0.39, 0.29) is 17.6 Å². The summed E-state index contributed by atoms with van der Waals surface area (Å²) in [6.07, 6.45) is 0. The molecule has 0 aliphatic carbocycles. The molecule has 0 spiro atoms. The van der Waals surface area contributed by atoms with E-state index < -0.39 is 0 Å². The number of carbonyl (C=O) groups excluding carboxylic acids is 2. The van der Waals surface area contributed by atoms with Gasteiger partial charge in [-0.05, 0) is 19.9 Å². The van der Waals surface area contributed by atoms with Crippen LogP contribution >= 0.6 is 0 Å². The van der Waals surface area contributed by atoms with E-state index in [0.29, 0.717) is 6.54 Å². The SMILES string of the molecule is Cc1cc(C(=O)CN2CCN(C(=O)C(C)C)CC2)c(C)[nH]1. The molecule has 21 heavy (non-hydrogen) atoms. The van der Waals surface area contributed by atoms with Gasteiger partial charge in [-0.3, -0.25) is 14.5 Å². The maximum absolute atomic E-state index is 12.3. The summed E-state index contributed by atoms with van der Waals surface area (Å²) in [5.41, 5.74) is 2.74. The first-order valence-corrected chi connectivity index (χ1v) is 7.59. The van der Waals surface area contributed by atoms with Crippen LogP contribution in [0.15, 0.2) is 6.07 Å². The van der Waals surface area contributed by atoms with Crippen LogP contribution in [0.25, 0.3) is 0 Å². The third-order valence-corrected chi connectivity index (χ3v) is 4.00. The van der Waals surface area contributed by atoms with Crippen molar-refractivity contribution in [2.24, 2.45) is 5.92 Å². The van der Waals surface area contributed by atoms with E-state index in [1.165, 1.54) is 0 Å². The Balaban J connectivity index is 1.88. The van der Waals surface area contributed by atoms with Crippen LogP contribution < -0.4 is 0 Å². The van der Waals surface area contributed by atoms with Gasteiger partial charge in [-0.15, -0.1) is 0 Å². The van der Waals surface area contributed by atoms with Crippen LogP contribution in [-0.2, 0) is 4.79 Å². The van der Waals surface area contributed by atoms with Crippen LogP contribution in [0, 0.1) is 19.8 Å². The van der Waals surface area contributed by atoms with E-state index in [0.717, 1.165) is 43.1 Å². The van der Waals surface area contributed by atoms with E-state index in [4.69, 9.17) is 0 Å². The van der Waals surface area contributed by atoms with Gasteiger partial charge in [0.05, 0.1) is 6.54 Å². The Morgan fingerprint density at radius 2 is 1.81 bits per heavy atom. The Morgan fingerprint density at radius 3 is 2.29 bits per heavy atom. The molecule has 116 valence electrons. The minimum atomic E-state index is 0.0451. The van der Waals surface area contributed by atoms with Gasteiger partial charge in [-0.1, -0.05) is 13.8 Å². The van der Waals surface area contributed by atoms with Crippen molar-refractivity contribution in [3.63, 3.8) is 0 Å². The molecule has 0 radical (unpaired) electrons. The second kappa shape index (κ2) is 6.43. The van der Waals surface area contributed by atoms with Crippen molar-refractivity contribution in [1.29, 1.82) is 0 Å². The Morgan fingerprint density at radius 1 is 1.19 bits per heavy atom. The molecule has 0 bridgehead atoms. The summed E-state index contributed by atoms with van der Waals surface area (Å²) in [6.45, 7) is 11.1. The molecule has 1 aromatic rings. The summed E-state index contributed by atoms with van der Waals surface area (Å²) in [5.74, 6) is 0.405. The molecule has 0 aromatic carbocycles. The fourth-order valence-corrected chi connectivity index (χ4v) is 2.79. The number of nitrogens with zero attached hydrogens (tertiary/aromatic N) is 2. The number of aromatic nitrogens is 1. The van der Waals surface area contributed by atoms with Gasteiger partial charge in [0.25, 0.3) is 0 Å². The van der Waals surface area contributed by atoms with Gasteiger partial charge in [0.1, 0.15) is 0 Å². The van der Waals surface area contributed by atoms with Crippen molar-refractivity contribution in [2.75, 3.05) is 32.7 Å². The first-order chi connectivity index (χ1) is 9.88. The van der Waals surface area contributed by atoms with Crippen molar-refractivity contribution in [1.82, 2.24) is 14.8 Å². The van der Waals surface area contributed by atoms with Crippen molar-refractivity contribution < 1.29 is 9.59 Å². The number of H-pyrrole nitrogens is 1. The first kappa shape index (κ1) is 15.8. The van der Waals surface area contributed by atoms with E-state index in [9.17, 15) is 9.59 Å². The highest BCUT2D eigenvalue weighted by atomic mass is 16.2. The number of nitrogens with one attached hydrogen (secondary N) is 1. The number of ketones is 1. The summed E-state index contributed by atoms with van der Waals surface area (Å²) in [7, 11) is 0. The predicted octanol–water partition coefficient (Wildman–Crippen LogP) is 1.61. The number of hydrogen-bond acceptors (Lipinski definition) is 3. The Hall–Kier alpha value is -1.62. The smallest absolute Gasteiger partial charge is 0.225 e. The van der Waals surface area contributed by atoms with Gasteiger partial charge >= 0.3 is 0 Å². The first-order valence-electron chi connectivity index (χ1n) is 7.59. The number of Topliss-reactive ketones (excluding diaryl/α,β-unsaturated/α-hetero) is 1. The third kappa shape index (κ3) is 3.73. The van der Waals surface area contributed by atoms with E-state index in [2.05, 4.69) is 9.88 Å². The number of rotatable bonds is 4. The molecule has 5 nitrogen and oxygen atoms in total. The Kier molecular flexibility index (Phi) is 4.83. The Labute approximate surface area is 126 Å². The fraction of sp³-hybridized carbons (Fsp3) is 0.625. The highest BCUT2D eigenvalue weighted by molar-refractivity contribution is 5.98. The zero-order valence-electron chi connectivity index (χ0n) is 13.4. The maximum atomic E-state index is 12.3. The topological polar surface area (TPSA) is 56.4 Å². The monoisotopic (exact) mass is 291 g/mol. The zero-order valence-corrected chi connectivity index (χ0v) is 13.4. The van der Waals surface area contributed by atoms with Gasteiger partial charge in [-0.25, -0.2) is 0 Å². The van der Waals surface area contributed by atoms with Gasteiger partial charge in [0.15, 0.2) is 5.78 Å². The number of aromatic amines is 1. The lowest BCUT2D eigenvalue weighted by atomic mass is 10.1. The number of carbonyl (C=O) groups is 2. The van der Waals surface area contributed by atoms with E-state index in [1.807, 2.05) is 38.7 Å². The van der Waals surface area contributed by atoms with Crippen LogP contribution in [0.2, 0.25) is 0 Å². The molecule has 1 aromatic heterocycles. The molecule has 5 heteroatoms. The lowest BCUT2D eigenvalue weighted by Gasteiger charge is -2.35. The van der Waals surface area contributed by atoms with E-state index >= 15 is 0 Å². The molecule has 1 saturated heterocycles. The summed E-state index contributed by atoms with van der Waals surface area (Å²) in [5, 5.41) is 0. The highest BCUT2D eigenvalue weighted by Gasteiger charge is 2.24. The number of hydrogen-bond donors (Lipinski definition) is 1. The summed E-state index contributed by atoms with van der Waals surface area (Å²) < 4.78 is 0. The van der Waals surface area contributed by atoms with Crippen molar-refractivity contribution in [2.45, 2.75) is 27.7 Å². The Bertz CT molecular complexity index is 526.